The highest BCUT2D eigenvalue weighted by Crippen LogP contribution is 2.10. The predicted molar refractivity (Wildman–Crippen MR) is 79.8 cm³/mol. The minimum absolute atomic E-state index is 0.114. The summed E-state index contributed by atoms with van der Waals surface area (Å²) in [5.74, 6) is -0.114. The fourth-order valence-electron chi connectivity index (χ4n) is 1.66. The van der Waals surface area contributed by atoms with Gasteiger partial charge in [0.05, 0.1) is 0 Å². The Kier molecular flexibility index (Phi) is 5.12. The lowest BCUT2D eigenvalue weighted by molar-refractivity contribution is 0.0933. The molecule has 0 aliphatic heterocycles. The average Bonchev–Trinajstić information content (AvgIpc) is 2.46. The Hall–Kier alpha value is -1.65. The van der Waals surface area contributed by atoms with Crippen molar-refractivity contribution in [3.63, 3.8) is 0 Å². The van der Waals surface area contributed by atoms with Crippen LogP contribution in [-0.2, 0) is 6.42 Å². The van der Waals surface area contributed by atoms with Gasteiger partial charge in [-0.1, -0.05) is 46.3 Å². The summed E-state index contributed by atoms with van der Waals surface area (Å²) in [6.07, 6.45) is 0.863. The first-order valence-electron chi connectivity index (χ1n) is 6.08. The van der Waals surface area contributed by atoms with Crippen molar-refractivity contribution in [2.45, 2.75) is 6.42 Å². The zero-order valence-corrected chi connectivity index (χ0v) is 12.0. The van der Waals surface area contributed by atoms with Gasteiger partial charge in [0.25, 0.3) is 5.91 Å². The number of nitrogens with one attached hydrogen (secondary N) is 2. The number of benzene rings is 2. The normalized spacial score (nSPS) is 10.2. The topological polar surface area (TPSA) is 41.1 Å². The molecule has 0 heterocycles. The summed E-state index contributed by atoms with van der Waals surface area (Å²) < 4.78 is 1.07. The maximum atomic E-state index is 11.7. The number of rotatable bonds is 5. The second-order valence-corrected chi connectivity index (χ2v) is 5.04. The third kappa shape index (κ3) is 4.50. The Morgan fingerprint density at radius 2 is 1.68 bits per heavy atom. The molecule has 0 aliphatic carbocycles. The van der Waals surface area contributed by atoms with Crippen LogP contribution in [0.5, 0.6) is 0 Å². The number of hydrazine groups is 1. The monoisotopic (exact) mass is 318 g/mol. The molecule has 98 valence electrons. The molecule has 0 saturated heterocycles. The molecule has 2 aromatic rings. The minimum atomic E-state index is -0.114. The van der Waals surface area contributed by atoms with E-state index in [1.165, 1.54) is 5.56 Å². The molecule has 0 fully saturated rings. The van der Waals surface area contributed by atoms with Gasteiger partial charge in [-0.15, -0.1) is 0 Å². The smallest absolute Gasteiger partial charge is 0.265 e. The standard InChI is InChI=1S/C15H15BrN2O/c16-14-8-6-12(7-9-14)10-11-17-18-15(19)13-4-2-1-3-5-13/h1-9,17H,10-11H2,(H,18,19). The molecule has 2 aromatic carbocycles. The molecule has 4 heteroatoms. The van der Waals surface area contributed by atoms with Crippen LogP contribution < -0.4 is 10.9 Å². The van der Waals surface area contributed by atoms with Crippen molar-refractivity contribution in [2.24, 2.45) is 0 Å². The number of carbonyl (C=O) groups is 1. The molecule has 0 atom stereocenters. The van der Waals surface area contributed by atoms with Crippen LogP contribution in [0.15, 0.2) is 59.1 Å². The van der Waals surface area contributed by atoms with E-state index < -0.39 is 0 Å². The van der Waals surface area contributed by atoms with E-state index in [4.69, 9.17) is 0 Å². The molecule has 0 unspecified atom stereocenters. The molecule has 1 amide bonds. The van der Waals surface area contributed by atoms with Crippen molar-refractivity contribution in [2.75, 3.05) is 6.54 Å². The molecule has 19 heavy (non-hydrogen) atoms. The highest BCUT2D eigenvalue weighted by molar-refractivity contribution is 9.10. The van der Waals surface area contributed by atoms with E-state index in [1.54, 1.807) is 12.1 Å². The van der Waals surface area contributed by atoms with E-state index in [0.29, 0.717) is 12.1 Å². The molecule has 0 saturated carbocycles. The summed E-state index contributed by atoms with van der Waals surface area (Å²) in [7, 11) is 0. The van der Waals surface area contributed by atoms with Gasteiger partial charge in [0, 0.05) is 16.6 Å². The van der Waals surface area contributed by atoms with E-state index in [-0.39, 0.29) is 5.91 Å². The SMILES string of the molecule is O=C(NNCCc1ccc(Br)cc1)c1ccccc1. The van der Waals surface area contributed by atoms with Crippen molar-refractivity contribution in [1.82, 2.24) is 10.9 Å². The molecule has 3 nitrogen and oxygen atoms in total. The molecular weight excluding hydrogens is 304 g/mol. The van der Waals surface area contributed by atoms with Crippen LogP contribution >= 0.6 is 15.9 Å². The summed E-state index contributed by atoms with van der Waals surface area (Å²) in [4.78, 5) is 11.7. The molecular formula is C15H15BrN2O. The quantitative estimate of drug-likeness (QED) is 0.657. The number of amides is 1. The van der Waals surface area contributed by atoms with Crippen LogP contribution in [0.4, 0.5) is 0 Å². The minimum Gasteiger partial charge on any atom is -0.287 e. The first-order valence-corrected chi connectivity index (χ1v) is 6.88. The molecule has 0 spiro atoms. The van der Waals surface area contributed by atoms with E-state index in [1.807, 2.05) is 30.3 Å². The van der Waals surface area contributed by atoms with Gasteiger partial charge >= 0.3 is 0 Å². The van der Waals surface area contributed by atoms with Crippen LogP contribution in [0.25, 0.3) is 0 Å². The number of hydrogen-bond acceptors (Lipinski definition) is 2. The Bertz CT molecular complexity index is 526. The fourth-order valence-corrected chi connectivity index (χ4v) is 1.93. The fraction of sp³-hybridized carbons (Fsp3) is 0.133. The van der Waals surface area contributed by atoms with Crippen molar-refractivity contribution in [3.8, 4) is 0 Å². The highest BCUT2D eigenvalue weighted by atomic mass is 79.9. The van der Waals surface area contributed by atoms with Crippen molar-refractivity contribution < 1.29 is 4.79 Å². The van der Waals surface area contributed by atoms with Gasteiger partial charge in [0.2, 0.25) is 0 Å². The maximum Gasteiger partial charge on any atom is 0.265 e. The largest absolute Gasteiger partial charge is 0.287 e. The number of hydrogen-bond donors (Lipinski definition) is 2. The maximum absolute atomic E-state index is 11.7. The Balaban J connectivity index is 1.72. The molecule has 2 N–H and O–H groups in total. The Morgan fingerprint density at radius 1 is 1.00 bits per heavy atom. The van der Waals surface area contributed by atoms with Crippen LogP contribution in [0.1, 0.15) is 15.9 Å². The first kappa shape index (κ1) is 13.8. The van der Waals surface area contributed by atoms with Crippen molar-refractivity contribution in [3.05, 3.63) is 70.2 Å². The lowest BCUT2D eigenvalue weighted by atomic mass is 10.2. The summed E-state index contributed by atoms with van der Waals surface area (Å²) in [6, 6.07) is 17.3. The predicted octanol–water partition coefficient (Wildman–Crippen LogP) is 2.93. The molecule has 0 aliphatic rings. The van der Waals surface area contributed by atoms with E-state index in [0.717, 1.165) is 10.9 Å². The molecule has 0 bridgehead atoms. The van der Waals surface area contributed by atoms with E-state index in [2.05, 4.69) is 38.9 Å². The third-order valence-electron chi connectivity index (χ3n) is 2.69. The second kappa shape index (κ2) is 7.07. The summed E-state index contributed by atoms with van der Waals surface area (Å²) in [5, 5.41) is 0. The molecule has 2 rings (SSSR count). The van der Waals surface area contributed by atoms with Gasteiger partial charge in [-0.25, -0.2) is 5.43 Å². The summed E-state index contributed by atoms with van der Waals surface area (Å²) in [5.41, 5.74) is 7.50. The van der Waals surface area contributed by atoms with Crippen LogP contribution in [0, 0.1) is 0 Å². The molecule has 0 aromatic heterocycles. The van der Waals surface area contributed by atoms with Gasteiger partial charge < -0.3 is 0 Å². The van der Waals surface area contributed by atoms with Gasteiger partial charge in [-0.05, 0) is 36.2 Å². The average molecular weight is 319 g/mol. The molecule has 0 radical (unpaired) electrons. The number of halogens is 1. The Labute approximate surface area is 121 Å². The van der Waals surface area contributed by atoms with Gasteiger partial charge in [0.15, 0.2) is 0 Å². The zero-order chi connectivity index (χ0) is 13.5. The van der Waals surface area contributed by atoms with E-state index >= 15 is 0 Å². The van der Waals surface area contributed by atoms with Crippen LogP contribution in [0.3, 0.4) is 0 Å². The van der Waals surface area contributed by atoms with E-state index in [9.17, 15) is 4.79 Å². The van der Waals surface area contributed by atoms with Crippen LogP contribution in [-0.4, -0.2) is 12.5 Å². The van der Waals surface area contributed by atoms with Crippen molar-refractivity contribution in [1.29, 1.82) is 0 Å². The zero-order valence-electron chi connectivity index (χ0n) is 10.4. The third-order valence-corrected chi connectivity index (χ3v) is 3.22. The van der Waals surface area contributed by atoms with Gasteiger partial charge in [-0.3, -0.25) is 10.2 Å². The van der Waals surface area contributed by atoms with Crippen molar-refractivity contribution >= 4 is 21.8 Å². The summed E-state index contributed by atoms with van der Waals surface area (Å²) in [6.45, 7) is 0.695. The summed E-state index contributed by atoms with van der Waals surface area (Å²) >= 11 is 3.40. The van der Waals surface area contributed by atoms with Gasteiger partial charge in [0.1, 0.15) is 0 Å². The number of carbonyl (C=O) groups excluding carboxylic acids is 1. The van der Waals surface area contributed by atoms with Crippen LogP contribution in [0.2, 0.25) is 0 Å². The van der Waals surface area contributed by atoms with Gasteiger partial charge in [-0.2, -0.15) is 0 Å². The first-order chi connectivity index (χ1) is 9.25. The lowest BCUT2D eigenvalue weighted by Gasteiger charge is -2.07. The second-order valence-electron chi connectivity index (χ2n) is 4.12. The highest BCUT2D eigenvalue weighted by Gasteiger charge is 2.02. The Morgan fingerprint density at radius 3 is 2.37 bits per heavy atom. The lowest BCUT2D eigenvalue weighted by Crippen LogP contribution is -2.38.